The molecule has 0 saturated heterocycles. The molecule has 1 aromatic rings. The fraction of sp³-hybridized carbons (Fsp3) is 0.818. The summed E-state index contributed by atoms with van der Waals surface area (Å²) >= 11 is 0. The van der Waals surface area contributed by atoms with Gasteiger partial charge in [-0.2, -0.15) is 0 Å². The lowest BCUT2D eigenvalue weighted by Gasteiger charge is -2.32. The second-order valence-electron chi connectivity index (χ2n) is 8.22. The van der Waals surface area contributed by atoms with Gasteiger partial charge in [-0.1, -0.05) is 0 Å². The van der Waals surface area contributed by atoms with E-state index in [2.05, 4.69) is 5.43 Å². The monoisotopic (exact) mass is 568 g/mol. The van der Waals surface area contributed by atoms with Crippen LogP contribution >= 0.6 is 0 Å². The Morgan fingerprint density at radius 3 is 1.36 bits per heavy atom. The van der Waals surface area contributed by atoms with E-state index < -0.39 is 29.3 Å². The van der Waals surface area contributed by atoms with E-state index >= 15 is 0 Å². The van der Waals surface area contributed by atoms with Crippen molar-refractivity contribution < 1.29 is 41.7 Å². The van der Waals surface area contributed by atoms with Gasteiger partial charge in [0.05, 0.1) is 79.3 Å². The van der Waals surface area contributed by atoms with Gasteiger partial charge in [-0.3, -0.25) is 4.68 Å². The molecule has 0 unspecified atom stereocenters. The lowest BCUT2D eigenvalue weighted by Crippen LogP contribution is -2.41. The first-order chi connectivity index (χ1) is 17.8. The van der Waals surface area contributed by atoms with Crippen molar-refractivity contribution in [3.63, 3.8) is 0 Å². The Hall–Kier alpha value is -0.629. The minimum absolute atomic E-state index is 0.0613. The summed E-state index contributed by atoms with van der Waals surface area (Å²) in [5.41, 5.74) is 3.46. The van der Waals surface area contributed by atoms with Crippen LogP contribution in [0.4, 0.5) is 0 Å². The van der Waals surface area contributed by atoms with Crippen molar-refractivity contribution in [2.75, 3.05) is 113 Å². The molecule has 0 bridgehead atoms. The molecule has 0 radical (unpaired) electrons. The summed E-state index contributed by atoms with van der Waals surface area (Å²) in [7, 11) is 2.27. The van der Waals surface area contributed by atoms with E-state index in [0.717, 1.165) is 13.0 Å². The highest BCUT2D eigenvalue weighted by atomic mass is 28.4. The fourth-order valence-electron chi connectivity index (χ4n) is 3.18. The van der Waals surface area contributed by atoms with Crippen molar-refractivity contribution in [3.05, 3.63) is 24.5 Å². The van der Waals surface area contributed by atoms with Crippen LogP contribution in [-0.2, 0) is 41.7 Å². The third kappa shape index (κ3) is 18.6. The number of methoxy groups -OCH3 is 3. The van der Waals surface area contributed by atoms with Crippen molar-refractivity contribution in [3.8, 4) is 0 Å². The van der Waals surface area contributed by atoms with Crippen LogP contribution in [0.15, 0.2) is 24.5 Å². The van der Waals surface area contributed by atoms with Crippen molar-refractivity contribution >= 4 is 29.3 Å². The van der Waals surface area contributed by atoms with Crippen LogP contribution in [0.2, 0.25) is 4.28 Å². The molecule has 0 spiro atoms. The molecule has 0 aliphatic carbocycles. The van der Waals surface area contributed by atoms with Crippen LogP contribution in [0.3, 0.4) is 0 Å². The SMILES string of the molecule is COCCOCCO[SiH2]C(CCNn1cccc1)([SiH2]OCCOCCOC)[SiH2]OCCOCCOC. The van der Waals surface area contributed by atoms with Gasteiger partial charge in [0.2, 0.25) is 0 Å². The molecule has 212 valence electrons. The Bertz CT molecular complexity index is 531. The predicted octanol–water partition coefficient (Wildman–Crippen LogP) is -1.21. The third-order valence-electron chi connectivity index (χ3n) is 5.19. The molecule has 0 fully saturated rings. The van der Waals surface area contributed by atoms with E-state index in [1.165, 1.54) is 0 Å². The number of nitrogens with zero attached hydrogens (tertiary/aromatic N) is 1. The first-order valence-electron chi connectivity index (χ1n) is 12.6. The molecule has 1 N–H and O–H groups in total. The minimum atomic E-state index is -0.912. The molecule has 36 heavy (non-hydrogen) atoms. The Labute approximate surface area is 223 Å². The van der Waals surface area contributed by atoms with Gasteiger partial charge >= 0.3 is 0 Å². The Morgan fingerprint density at radius 2 is 0.972 bits per heavy atom. The van der Waals surface area contributed by atoms with Gasteiger partial charge in [0.1, 0.15) is 0 Å². The van der Waals surface area contributed by atoms with Crippen LogP contribution in [0.25, 0.3) is 0 Å². The first kappa shape index (κ1) is 33.4. The molecule has 0 aliphatic rings. The van der Waals surface area contributed by atoms with Gasteiger partial charge < -0.3 is 47.1 Å². The zero-order valence-corrected chi connectivity index (χ0v) is 26.7. The van der Waals surface area contributed by atoms with Crippen LogP contribution < -0.4 is 5.43 Å². The maximum absolute atomic E-state index is 6.24. The van der Waals surface area contributed by atoms with Crippen molar-refractivity contribution in [2.45, 2.75) is 10.7 Å². The average molecular weight is 569 g/mol. The maximum Gasteiger partial charge on any atom is 0.166 e. The molecule has 1 rings (SSSR count). The smallest absolute Gasteiger partial charge is 0.166 e. The molecular weight excluding hydrogens is 521 g/mol. The Morgan fingerprint density at radius 1 is 0.583 bits per heavy atom. The van der Waals surface area contributed by atoms with Gasteiger partial charge in [0.15, 0.2) is 29.3 Å². The van der Waals surface area contributed by atoms with E-state index in [4.69, 9.17) is 41.7 Å². The van der Waals surface area contributed by atoms with Crippen molar-refractivity contribution in [1.82, 2.24) is 4.68 Å². The van der Waals surface area contributed by atoms with Gasteiger partial charge in [-0.25, -0.2) is 0 Å². The summed E-state index contributed by atoms with van der Waals surface area (Å²) in [5.74, 6) is 0. The lowest BCUT2D eigenvalue weighted by atomic mass is 10.5. The van der Waals surface area contributed by atoms with E-state index in [9.17, 15) is 0 Å². The number of nitrogens with one attached hydrogen (secondary N) is 1. The van der Waals surface area contributed by atoms with E-state index in [1.807, 2.05) is 29.2 Å². The summed E-state index contributed by atoms with van der Waals surface area (Å²) in [4.78, 5) is 0. The standard InChI is InChI=1S/C22H48N2O9Si3/c1-25-10-13-28-16-19-31-34-22(6-7-23-24-8-4-5-9-24,35-32-20-17-29-14-11-26-2)36-33-21-18-30-15-12-27-3/h4-5,8-9,23H,6-7,10-21,34-36H2,1-3H3. The predicted molar refractivity (Wildman–Crippen MR) is 148 cm³/mol. The molecule has 0 amide bonds. The number of ether oxygens (including phenoxy) is 6. The van der Waals surface area contributed by atoms with Crippen LogP contribution in [0.1, 0.15) is 6.42 Å². The number of aromatic nitrogens is 1. The molecule has 14 heteroatoms. The third-order valence-corrected chi connectivity index (χ3v) is 13.2. The average Bonchev–Trinajstić information content (AvgIpc) is 3.40. The number of rotatable bonds is 28. The van der Waals surface area contributed by atoms with E-state index in [-0.39, 0.29) is 4.28 Å². The molecular formula is C22H48N2O9Si3. The number of hydrogen-bond acceptors (Lipinski definition) is 10. The van der Waals surface area contributed by atoms with Crippen LogP contribution in [-0.4, -0.2) is 141 Å². The zero-order chi connectivity index (χ0) is 26.0. The molecule has 1 heterocycles. The maximum atomic E-state index is 6.24. The molecule has 0 atom stereocenters. The highest BCUT2D eigenvalue weighted by Crippen LogP contribution is 2.27. The van der Waals surface area contributed by atoms with Gasteiger partial charge in [0, 0.05) is 44.6 Å². The Balaban J connectivity index is 2.60. The Kier molecular flexibility index (Phi) is 22.9. The van der Waals surface area contributed by atoms with Crippen LogP contribution in [0, 0.1) is 0 Å². The highest BCUT2D eigenvalue weighted by molar-refractivity contribution is 6.74. The van der Waals surface area contributed by atoms with Crippen molar-refractivity contribution in [2.24, 2.45) is 0 Å². The second kappa shape index (κ2) is 24.7. The fourth-order valence-corrected chi connectivity index (χ4v) is 9.83. The van der Waals surface area contributed by atoms with Crippen LogP contribution in [0.5, 0.6) is 0 Å². The van der Waals surface area contributed by atoms with Crippen molar-refractivity contribution in [1.29, 1.82) is 0 Å². The molecule has 11 nitrogen and oxygen atoms in total. The molecule has 0 saturated carbocycles. The van der Waals surface area contributed by atoms with Gasteiger partial charge in [0.25, 0.3) is 0 Å². The molecule has 1 aromatic heterocycles. The summed E-state index contributed by atoms with van der Waals surface area (Å²) in [6, 6.07) is 4.01. The molecule has 0 aromatic carbocycles. The molecule has 0 aliphatic heterocycles. The summed E-state index contributed by atoms with van der Waals surface area (Å²) < 4.78 is 52.6. The topological polar surface area (TPSA) is 100 Å². The summed E-state index contributed by atoms with van der Waals surface area (Å²) in [6.07, 6.45) is 4.97. The van der Waals surface area contributed by atoms with E-state index in [1.54, 1.807) is 21.3 Å². The number of hydrogen-bond donors (Lipinski definition) is 1. The lowest BCUT2D eigenvalue weighted by molar-refractivity contribution is 0.0523. The highest BCUT2D eigenvalue weighted by Gasteiger charge is 2.34. The minimum Gasteiger partial charge on any atom is -0.422 e. The summed E-state index contributed by atoms with van der Waals surface area (Å²) in [6.45, 7) is 7.81. The van der Waals surface area contributed by atoms with E-state index in [0.29, 0.717) is 79.3 Å². The van der Waals surface area contributed by atoms with Gasteiger partial charge in [-0.15, -0.1) is 0 Å². The second-order valence-corrected chi connectivity index (χ2v) is 17.8. The zero-order valence-electron chi connectivity index (χ0n) is 22.5. The summed E-state index contributed by atoms with van der Waals surface area (Å²) in [5, 5.41) is 0. The quantitative estimate of drug-likeness (QED) is 0.0979. The normalized spacial score (nSPS) is 14.2. The first-order valence-corrected chi connectivity index (χ1v) is 16.4. The van der Waals surface area contributed by atoms with Gasteiger partial charge in [-0.05, 0) is 18.6 Å². The largest absolute Gasteiger partial charge is 0.422 e.